The molecule has 1 N–H and O–H groups in total. The number of nitrogens with zero attached hydrogens (tertiary/aromatic N) is 1. The van der Waals surface area contributed by atoms with Crippen molar-refractivity contribution >= 4 is 21.5 Å². The Labute approximate surface area is 96.8 Å². The summed E-state index contributed by atoms with van der Waals surface area (Å²) in [5, 5.41) is 19.4. The number of aromatic carboxylic acids is 1. The van der Waals surface area contributed by atoms with Gasteiger partial charge in [-0.15, -0.1) is 0 Å². The van der Waals surface area contributed by atoms with Crippen LogP contribution in [0.15, 0.2) is 18.2 Å². The van der Waals surface area contributed by atoms with Crippen LogP contribution in [0.3, 0.4) is 0 Å². The Morgan fingerprint density at radius 3 is 2.47 bits per heavy atom. The van der Waals surface area contributed by atoms with Crippen molar-refractivity contribution in [3.05, 3.63) is 39.4 Å². The van der Waals surface area contributed by atoms with Gasteiger partial charge in [-0.1, -0.05) is 0 Å². The third-order valence-corrected chi connectivity index (χ3v) is 2.78. The number of nitro benzene ring substituents is 1. The molecule has 0 bridgehead atoms. The molecule has 0 aromatic heterocycles. The monoisotopic (exact) mass is 259 g/mol. The summed E-state index contributed by atoms with van der Waals surface area (Å²) in [6, 6.07) is 3.05. The van der Waals surface area contributed by atoms with E-state index < -0.39 is 32.2 Å². The number of sulfone groups is 1. The second kappa shape index (κ2) is 4.50. The molecular formula is C9H9NO6S. The predicted octanol–water partition coefficient (Wildman–Crippen LogP) is 0.838. The zero-order valence-corrected chi connectivity index (χ0v) is 9.60. The average Bonchev–Trinajstić information content (AvgIpc) is 2.14. The molecule has 92 valence electrons. The molecule has 0 aliphatic heterocycles. The molecule has 0 aliphatic rings. The van der Waals surface area contributed by atoms with Crippen LogP contribution in [-0.4, -0.2) is 30.7 Å². The van der Waals surface area contributed by atoms with Gasteiger partial charge >= 0.3 is 5.97 Å². The average molecular weight is 259 g/mol. The number of hydrogen-bond donors (Lipinski definition) is 1. The van der Waals surface area contributed by atoms with Crippen molar-refractivity contribution < 1.29 is 23.2 Å². The molecule has 7 nitrogen and oxygen atoms in total. The van der Waals surface area contributed by atoms with Gasteiger partial charge in [0.1, 0.15) is 0 Å². The van der Waals surface area contributed by atoms with E-state index in [-0.39, 0.29) is 11.1 Å². The minimum atomic E-state index is -3.47. The van der Waals surface area contributed by atoms with Gasteiger partial charge in [0, 0.05) is 17.9 Å². The number of benzene rings is 1. The summed E-state index contributed by atoms with van der Waals surface area (Å²) in [6.07, 6.45) is 0.921. The smallest absolute Gasteiger partial charge is 0.335 e. The standard InChI is InChI=1S/C9H9NO6S/c1-17(15,16)5-7-4-6(9(11)12)2-3-8(7)10(13)14/h2-4H,5H2,1H3,(H,11,12). The third kappa shape index (κ3) is 3.52. The van der Waals surface area contributed by atoms with Crippen LogP contribution in [0.5, 0.6) is 0 Å². The van der Waals surface area contributed by atoms with Crippen LogP contribution in [0.2, 0.25) is 0 Å². The number of nitro groups is 1. The van der Waals surface area contributed by atoms with Gasteiger partial charge < -0.3 is 5.11 Å². The number of rotatable bonds is 4. The van der Waals surface area contributed by atoms with Gasteiger partial charge in [0.25, 0.3) is 5.69 Å². The molecule has 0 aliphatic carbocycles. The van der Waals surface area contributed by atoms with Gasteiger partial charge in [-0.3, -0.25) is 10.1 Å². The fourth-order valence-corrected chi connectivity index (χ4v) is 2.09. The van der Waals surface area contributed by atoms with Crippen LogP contribution < -0.4 is 0 Å². The fraction of sp³-hybridized carbons (Fsp3) is 0.222. The Morgan fingerprint density at radius 2 is 2.06 bits per heavy atom. The van der Waals surface area contributed by atoms with Crippen molar-refractivity contribution in [2.45, 2.75) is 5.75 Å². The topological polar surface area (TPSA) is 115 Å². The van der Waals surface area contributed by atoms with Gasteiger partial charge in [-0.05, 0) is 12.1 Å². The molecule has 1 aromatic rings. The zero-order chi connectivity index (χ0) is 13.2. The molecular weight excluding hydrogens is 250 g/mol. The van der Waals surface area contributed by atoms with E-state index >= 15 is 0 Å². The predicted molar refractivity (Wildman–Crippen MR) is 58.6 cm³/mol. The molecule has 17 heavy (non-hydrogen) atoms. The molecule has 0 unspecified atom stereocenters. The first-order chi connectivity index (χ1) is 7.70. The van der Waals surface area contributed by atoms with Crippen molar-refractivity contribution in [1.82, 2.24) is 0 Å². The van der Waals surface area contributed by atoms with Crippen LogP contribution in [-0.2, 0) is 15.6 Å². The van der Waals surface area contributed by atoms with Gasteiger partial charge in [-0.2, -0.15) is 0 Å². The molecule has 0 saturated carbocycles. The summed E-state index contributed by atoms with van der Waals surface area (Å²) in [4.78, 5) is 20.6. The van der Waals surface area contributed by atoms with Gasteiger partial charge in [0.15, 0.2) is 9.84 Å². The Kier molecular flexibility index (Phi) is 3.47. The van der Waals surface area contributed by atoms with Crippen molar-refractivity contribution in [3.8, 4) is 0 Å². The van der Waals surface area contributed by atoms with Gasteiger partial charge in [0.2, 0.25) is 0 Å². The first-order valence-corrected chi connectivity index (χ1v) is 6.45. The molecule has 0 spiro atoms. The maximum Gasteiger partial charge on any atom is 0.335 e. The molecule has 8 heteroatoms. The lowest BCUT2D eigenvalue weighted by Crippen LogP contribution is -2.06. The number of carbonyl (C=O) groups is 1. The quantitative estimate of drug-likeness (QED) is 0.632. The van der Waals surface area contributed by atoms with Gasteiger partial charge in [0.05, 0.1) is 16.2 Å². The largest absolute Gasteiger partial charge is 0.478 e. The highest BCUT2D eigenvalue weighted by molar-refractivity contribution is 7.89. The van der Waals surface area contributed by atoms with Crippen LogP contribution in [0.4, 0.5) is 5.69 Å². The Morgan fingerprint density at radius 1 is 1.47 bits per heavy atom. The second-order valence-corrected chi connectivity index (χ2v) is 5.62. The van der Waals surface area contributed by atoms with E-state index in [4.69, 9.17) is 5.11 Å². The van der Waals surface area contributed by atoms with Crippen molar-refractivity contribution in [1.29, 1.82) is 0 Å². The van der Waals surface area contributed by atoms with Crippen molar-refractivity contribution in [2.24, 2.45) is 0 Å². The summed E-state index contributed by atoms with van der Waals surface area (Å²) in [5.41, 5.74) is -0.716. The molecule has 0 radical (unpaired) electrons. The van der Waals surface area contributed by atoms with Crippen LogP contribution in [0, 0.1) is 10.1 Å². The third-order valence-electron chi connectivity index (χ3n) is 1.94. The van der Waals surface area contributed by atoms with Crippen LogP contribution >= 0.6 is 0 Å². The van der Waals surface area contributed by atoms with E-state index in [0.717, 1.165) is 24.5 Å². The van der Waals surface area contributed by atoms with Crippen molar-refractivity contribution in [3.63, 3.8) is 0 Å². The maximum atomic E-state index is 11.1. The SMILES string of the molecule is CS(=O)(=O)Cc1cc(C(=O)O)ccc1[N+](=O)[O-]. The lowest BCUT2D eigenvalue weighted by molar-refractivity contribution is -0.385. The minimum absolute atomic E-state index is 0.127. The van der Waals surface area contributed by atoms with E-state index in [1.807, 2.05) is 0 Å². The highest BCUT2D eigenvalue weighted by Crippen LogP contribution is 2.22. The highest BCUT2D eigenvalue weighted by Gasteiger charge is 2.19. The van der Waals surface area contributed by atoms with Gasteiger partial charge in [-0.25, -0.2) is 13.2 Å². The first-order valence-electron chi connectivity index (χ1n) is 4.39. The fourth-order valence-electron chi connectivity index (χ4n) is 1.29. The van der Waals surface area contributed by atoms with Crippen LogP contribution in [0.1, 0.15) is 15.9 Å². The molecule has 0 heterocycles. The summed E-state index contributed by atoms with van der Waals surface area (Å²) >= 11 is 0. The molecule has 1 aromatic carbocycles. The van der Waals surface area contributed by atoms with E-state index in [1.165, 1.54) is 0 Å². The molecule has 0 amide bonds. The lowest BCUT2D eigenvalue weighted by Gasteiger charge is -2.03. The molecule has 1 rings (SSSR count). The van der Waals surface area contributed by atoms with Crippen LogP contribution in [0.25, 0.3) is 0 Å². The Balaban J connectivity index is 3.35. The molecule has 0 saturated heterocycles. The molecule has 0 fully saturated rings. The summed E-state index contributed by atoms with van der Waals surface area (Å²) in [7, 11) is -3.47. The Bertz CT molecular complexity index is 577. The van der Waals surface area contributed by atoms with E-state index in [2.05, 4.69) is 0 Å². The maximum absolute atomic E-state index is 11.1. The second-order valence-electron chi connectivity index (χ2n) is 3.48. The number of carboxylic acids is 1. The summed E-state index contributed by atoms with van der Waals surface area (Å²) < 4.78 is 22.2. The summed E-state index contributed by atoms with van der Waals surface area (Å²) in [6.45, 7) is 0. The lowest BCUT2D eigenvalue weighted by atomic mass is 10.1. The number of hydrogen-bond acceptors (Lipinski definition) is 5. The van der Waals surface area contributed by atoms with E-state index in [1.54, 1.807) is 0 Å². The minimum Gasteiger partial charge on any atom is -0.478 e. The molecule has 0 atom stereocenters. The summed E-state index contributed by atoms with van der Waals surface area (Å²) in [5.74, 6) is -1.83. The highest BCUT2D eigenvalue weighted by atomic mass is 32.2. The zero-order valence-electron chi connectivity index (χ0n) is 8.78. The first kappa shape index (κ1) is 13.1. The van der Waals surface area contributed by atoms with E-state index in [9.17, 15) is 23.3 Å². The Hall–Kier alpha value is -1.96. The normalized spacial score (nSPS) is 11.1. The van der Waals surface area contributed by atoms with Crippen molar-refractivity contribution in [2.75, 3.05) is 6.26 Å². The van der Waals surface area contributed by atoms with E-state index in [0.29, 0.717) is 0 Å². The number of carboxylic acid groups (broad SMARTS) is 1.